The maximum absolute atomic E-state index is 12.7. The number of benzene rings is 2. The van der Waals surface area contributed by atoms with Crippen molar-refractivity contribution in [3.63, 3.8) is 0 Å². The van der Waals surface area contributed by atoms with E-state index >= 15 is 0 Å². The van der Waals surface area contributed by atoms with E-state index in [1.165, 1.54) is 11.8 Å². The molecule has 1 amide bonds. The number of quaternary nitrogens is 1. The molecule has 9 heteroatoms. The van der Waals surface area contributed by atoms with Gasteiger partial charge in [0.25, 0.3) is 5.22 Å². The summed E-state index contributed by atoms with van der Waals surface area (Å²) in [6.45, 7) is 3.08. The highest BCUT2D eigenvalue weighted by atomic mass is 35.5. The van der Waals surface area contributed by atoms with E-state index < -0.39 is 4.65 Å². The van der Waals surface area contributed by atoms with E-state index in [1.807, 2.05) is 25.1 Å². The van der Waals surface area contributed by atoms with E-state index in [-0.39, 0.29) is 18.2 Å². The largest absolute Gasteiger partial charge is 0.633 e. The van der Waals surface area contributed by atoms with Crippen molar-refractivity contribution >= 4 is 52.0 Å². The Labute approximate surface area is 189 Å². The Morgan fingerprint density at radius 1 is 1.23 bits per heavy atom. The first kappa shape index (κ1) is 22.9. The zero-order valence-corrected chi connectivity index (χ0v) is 19.1. The second-order valence-electron chi connectivity index (χ2n) is 7.37. The molecule has 6 nitrogen and oxygen atoms in total. The minimum absolute atomic E-state index is 0.122. The zero-order chi connectivity index (χ0) is 21.7. The minimum Gasteiger partial charge on any atom is -0.633 e. The number of hydrogen-bond acceptors (Lipinski definition) is 5. The number of amides is 1. The van der Waals surface area contributed by atoms with Gasteiger partial charge in [0.05, 0.1) is 29.4 Å². The third kappa shape index (κ3) is 6.62. The van der Waals surface area contributed by atoms with Crippen LogP contribution in [-0.2, 0) is 11.3 Å². The molecule has 1 unspecified atom stereocenters. The van der Waals surface area contributed by atoms with Crippen LogP contribution in [0.15, 0.2) is 46.0 Å². The van der Waals surface area contributed by atoms with Gasteiger partial charge < -0.3 is 19.6 Å². The van der Waals surface area contributed by atoms with E-state index in [4.69, 9.17) is 27.6 Å². The zero-order valence-electron chi connectivity index (χ0n) is 16.8. The summed E-state index contributed by atoms with van der Waals surface area (Å²) in [6.07, 6.45) is 0.569. The number of carbonyl (C=O) groups excluding carboxylic acids is 1. The molecule has 2 aromatic carbocycles. The molecule has 3 aromatic rings. The van der Waals surface area contributed by atoms with Crippen LogP contribution in [0.2, 0.25) is 10.0 Å². The van der Waals surface area contributed by atoms with Crippen LogP contribution in [-0.4, -0.2) is 41.4 Å². The van der Waals surface area contributed by atoms with Crippen LogP contribution in [0, 0.1) is 12.1 Å². The number of nitrogens with zero attached hydrogens (tertiary/aromatic N) is 2. The van der Waals surface area contributed by atoms with Crippen molar-refractivity contribution in [1.82, 2.24) is 10.3 Å². The van der Waals surface area contributed by atoms with Crippen LogP contribution >= 0.6 is 35.0 Å². The maximum atomic E-state index is 12.7. The number of carbonyl (C=O) groups is 1. The summed E-state index contributed by atoms with van der Waals surface area (Å²) in [4.78, 5) is 16.4. The van der Waals surface area contributed by atoms with Gasteiger partial charge in [-0.2, -0.15) is 0 Å². The highest BCUT2D eigenvalue weighted by Gasteiger charge is 2.13. The van der Waals surface area contributed by atoms with Gasteiger partial charge in [0.1, 0.15) is 12.1 Å². The molecule has 0 saturated carbocycles. The molecule has 1 heterocycles. The van der Waals surface area contributed by atoms with E-state index in [2.05, 4.69) is 10.3 Å². The molecule has 0 aliphatic rings. The normalized spacial score (nSPS) is 13.4. The molecule has 0 radical (unpaired) electrons. The molecule has 30 heavy (non-hydrogen) atoms. The second-order valence-corrected chi connectivity index (χ2v) is 9.11. The van der Waals surface area contributed by atoms with Crippen molar-refractivity contribution in [2.75, 3.05) is 25.9 Å². The molecule has 0 fully saturated rings. The number of fused-ring (bicyclic) bond motifs is 1. The van der Waals surface area contributed by atoms with E-state index in [9.17, 15) is 10.0 Å². The average molecular weight is 468 g/mol. The lowest BCUT2D eigenvalue weighted by Crippen LogP contribution is -2.39. The summed E-state index contributed by atoms with van der Waals surface area (Å²) in [5.41, 5.74) is 3.41. The summed E-state index contributed by atoms with van der Waals surface area (Å²) in [6, 6.07) is 11.0. The maximum Gasteiger partial charge on any atom is 0.257 e. The second kappa shape index (κ2) is 10.0. The summed E-state index contributed by atoms with van der Waals surface area (Å²) in [5.74, 6) is 0.0847. The van der Waals surface area contributed by atoms with Crippen molar-refractivity contribution in [3.8, 4) is 0 Å². The van der Waals surface area contributed by atoms with E-state index in [0.717, 1.165) is 16.6 Å². The summed E-state index contributed by atoms with van der Waals surface area (Å²) >= 11 is 13.2. The Kier molecular flexibility index (Phi) is 7.65. The van der Waals surface area contributed by atoms with Gasteiger partial charge >= 0.3 is 0 Å². The Morgan fingerprint density at radius 2 is 2.03 bits per heavy atom. The molecule has 1 aromatic heterocycles. The summed E-state index contributed by atoms with van der Waals surface area (Å²) in [7, 11) is 1.61. The molecule has 0 saturated heterocycles. The fourth-order valence-corrected chi connectivity index (χ4v) is 3.98. The number of aromatic nitrogens is 1. The van der Waals surface area contributed by atoms with E-state index in [0.29, 0.717) is 40.4 Å². The van der Waals surface area contributed by atoms with Gasteiger partial charge in [-0.05, 0) is 36.8 Å². The van der Waals surface area contributed by atoms with Crippen LogP contribution in [0.5, 0.6) is 0 Å². The van der Waals surface area contributed by atoms with Crippen LogP contribution in [0.4, 0.5) is 0 Å². The number of halogens is 2. The van der Waals surface area contributed by atoms with Crippen molar-refractivity contribution < 1.29 is 13.9 Å². The Balaban J connectivity index is 1.38. The quantitative estimate of drug-likeness (QED) is 0.203. The third-order valence-electron chi connectivity index (χ3n) is 4.48. The first-order valence-corrected chi connectivity index (χ1v) is 11.2. The summed E-state index contributed by atoms with van der Waals surface area (Å²) in [5, 5.41) is 16.9. The average Bonchev–Trinajstić information content (AvgIpc) is 3.08. The van der Waals surface area contributed by atoms with Crippen molar-refractivity contribution in [2.24, 2.45) is 0 Å². The molecule has 0 spiro atoms. The highest BCUT2D eigenvalue weighted by Crippen LogP contribution is 2.25. The Morgan fingerprint density at radius 3 is 2.80 bits per heavy atom. The number of rotatable bonds is 9. The third-order valence-corrected chi connectivity index (χ3v) is 6.05. The molecular formula is C21H23Cl2N3O3S. The standard InChI is InChI=1S/C21H23Cl2N3O3S/c1-14-4-7-18-19(10-14)29-21(25-18)30-13-20(27)24-8-3-9-26(2,28)12-15-5-6-16(22)17(23)11-15/h4-7,10-11H,3,8-9,12-13H2,1-2H3,(H,24,27). The molecule has 1 N–H and O–H groups in total. The SMILES string of the molecule is Cc1ccc2nc(SCC(=O)NCCC[N+](C)([O-])Cc3ccc(Cl)c(Cl)c3)oc2c1. The van der Waals surface area contributed by atoms with Crippen LogP contribution < -0.4 is 5.32 Å². The lowest BCUT2D eigenvalue weighted by atomic mass is 10.2. The molecule has 160 valence electrons. The Hall–Kier alpha value is -1.77. The van der Waals surface area contributed by atoms with Gasteiger partial charge in [0, 0.05) is 18.5 Å². The van der Waals surface area contributed by atoms with Gasteiger partial charge in [0.2, 0.25) is 5.91 Å². The monoisotopic (exact) mass is 467 g/mol. The Bertz CT molecular complexity index is 1040. The number of nitrogens with one attached hydrogen (secondary N) is 1. The topological polar surface area (TPSA) is 78.2 Å². The number of hydrogen-bond donors (Lipinski definition) is 1. The van der Waals surface area contributed by atoms with Crippen LogP contribution in [0.25, 0.3) is 11.1 Å². The molecule has 3 rings (SSSR count). The van der Waals surface area contributed by atoms with E-state index in [1.54, 1.807) is 25.2 Å². The van der Waals surface area contributed by atoms with Crippen molar-refractivity contribution in [2.45, 2.75) is 25.1 Å². The predicted molar refractivity (Wildman–Crippen MR) is 122 cm³/mol. The highest BCUT2D eigenvalue weighted by molar-refractivity contribution is 7.99. The summed E-state index contributed by atoms with van der Waals surface area (Å²) < 4.78 is 5.20. The number of thioether (sulfide) groups is 1. The van der Waals surface area contributed by atoms with Crippen LogP contribution in [0.1, 0.15) is 17.5 Å². The molecular weight excluding hydrogens is 445 g/mol. The number of hydroxylamine groups is 3. The predicted octanol–water partition coefficient (Wildman–Crippen LogP) is 5.19. The molecule has 1 atom stereocenters. The minimum atomic E-state index is -0.453. The smallest absolute Gasteiger partial charge is 0.257 e. The molecule has 0 aliphatic heterocycles. The van der Waals surface area contributed by atoms with Crippen molar-refractivity contribution in [1.29, 1.82) is 0 Å². The lowest BCUT2D eigenvalue weighted by molar-refractivity contribution is -0.874. The van der Waals surface area contributed by atoms with Gasteiger partial charge in [-0.3, -0.25) is 4.79 Å². The molecule has 0 bridgehead atoms. The van der Waals surface area contributed by atoms with Crippen molar-refractivity contribution in [3.05, 3.63) is 62.8 Å². The first-order chi connectivity index (χ1) is 14.2. The number of aryl methyl sites for hydroxylation is 1. The fourth-order valence-electron chi connectivity index (χ4n) is 3.00. The van der Waals surface area contributed by atoms with Gasteiger partial charge in [-0.25, -0.2) is 4.98 Å². The van der Waals surface area contributed by atoms with Gasteiger partial charge in [-0.15, -0.1) is 0 Å². The van der Waals surface area contributed by atoms with Crippen LogP contribution in [0.3, 0.4) is 0 Å². The van der Waals surface area contributed by atoms with Gasteiger partial charge in [-0.1, -0.05) is 47.1 Å². The number of oxazole rings is 1. The molecule has 0 aliphatic carbocycles. The lowest BCUT2D eigenvalue weighted by Gasteiger charge is -2.38. The van der Waals surface area contributed by atoms with Gasteiger partial charge in [0.15, 0.2) is 5.58 Å². The fraction of sp³-hybridized carbons (Fsp3) is 0.333. The first-order valence-electron chi connectivity index (χ1n) is 9.48.